The maximum Gasteiger partial charge on any atom is 0.254 e. The van der Waals surface area contributed by atoms with Gasteiger partial charge < -0.3 is 20.7 Å². The molecule has 1 aliphatic heterocycles. The topological polar surface area (TPSA) is 84.7 Å². The van der Waals surface area contributed by atoms with E-state index in [9.17, 15) is 9.59 Å². The summed E-state index contributed by atoms with van der Waals surface area (Å²) in [6.45, 7) is 6.26. The molecule has 0 aromatic heterocycles. The summed E-state index contributed by atoms with van der Waals surface area (Å²) in [6, 6.07) is 7.51. The summed E-state index contributed by atoms with van der Waals surface area (Å²) in [6.07, 6.45) is 3.16. The van der Waals surface area contributed by atoms with Gasteiger partial charge in [0.25, 0.3) is 5.91 Å². The maximum atomic E-state index is 12.7. The summed E-state index contributed by atoms with van der Waals surface area (Å²) in [5.41, 5.74) is 7.43. The van der Waals surface area contributed by atoms with E-state index in [2.05, 4.69) is 5.32 Å². The van der Waals surface area contributed by atoms with E-state index >= 15 is 0 Å². The van der Waals surface area contributed by atoms with E-state index in [-0.39, 0.29) is 29.9 Å². The van der Waals surface area contributed by atoms with Gasteiger partial charge in [-0.1, -0.05) is 18.6 Å². The monoisotopic (exact) mass is 373 g/mol. The first kappa shape index (κ1) is 19.8. The molecule has 0 spiro atoms. The third kappa shape index (κ3) is 4.87. The standard InChI is InChI=1S/C21H31N3O3/c1-14-12-24(13-15(2)27-14)21(26)17-8-6-16(7-9-17)11-23-20(25)19-5-3-4-18(19)10-22/h6-9,14-15,18-19H,3-5,10-13,22H2,1-2H3,(H,23,25)/t14?,15?,18-,19-/m1/s1. The number of hydrogen-bond donors (Lipinski definition) is 2. The van der Waals surface area contributed by atoms with Gasteiger partial charge in [0.2, 0.25) is 5.91 Å². The van der Waals surface area contributed by atoms with Gasteiger partial charge in [-0.05, 0) is 56.8 Å². The third-order valence-electron chi connectivity index (χ3n) is 5.67. The fourth-order valence-electron chi connectivity index (χ4n) is 4.28. The molecule has 3 N–H and O–H groups in total. The summed E-state index contributed by atoms with van der Waals surface area (Å²) in [7, 11) is 0. The molecule has 6 heteroatoms. The van der Waals surface area contributed by atoms with Crippen molar-refractivity contribution in [2.75, 3.05) is 19.6 Å². The highest BCUT2D eigenvalue weighted by atomic mass is 16.5. The van der Waals surface area contributed by atoms with Crippen molar-refractivity contribution in [1.82, 2.24) is 10.2 Å². The lowest BCUT2D eigenvalue weighted by atomic mass is 9.95. The number of nitrogens with zero attached hydrogens (tertiary/aromatic N) is 1. The summed E-state index contributed by atoms with van der Waals surface area (Å²) >= 11 is 0. The number of hydrogen-bond acceptors (Lipinski definition) is 4. The van der Waals surface area contributed by atoms with Crippen LogP contribution in [0.25, 0.3) is 0 Å². The Morgan fingerprint density at radius 2 is 1.81 bits per heavy atom. The smallest absolute Gasteiger partial charge is 0.254 e. The van der Waals surface area contributed by atoms with Crippen LogP contribution in [0.1, 0.15) is 49.0 Å². The summed E-state index contributed by atoms with van der Waals surface area (Å²) in [5, 5.41) is 3.02. The Morgan fingerprint density at radius 3 is 2.44 bits per heavy atom. The average molecular weight is 373 g/mol. The first-order valence-corrected chi connectivity index (χ1v) is 9.99. The summed E-state index contributed by atoms with van der Waals surface area (Å²) in [5.74, 6) is 0.480. The molecule has 27 heavy (non-hydrogen) atoms. The van der Waals surface area contributed by atoms with Gasteiger partial charge in [0.05, 0.1) is 12.2 Å². The summed E-state index contributed by atoms with van der Waals surface area (Å²) in [4.78, 5) is 26.9. The van der Waals surface area contributed by atoms with Crippen molar-refractivity contribution in [1.29, 1.82) is 0 Å². The van der Waals surface area contributed by atoms with Crippen LogP contribution in [0.2, 0.25) is 0 Å². The Morgan fingerprint density at radius 1 is 1.15 bits per heavy atom. The Kier molecular flexibility index (Phi) is 6.50. The molecular weight excluding hydrogens is 342 g/mol. The largest absolute Gasteiger partial charge is 0.372 e. The minimum absolute atomic E-state index is 0.0318. The number of carbonyl (C=O) groups excluding carboxylic acids is 2. The summed E-state index contributed by atoms with van der Waals surface area (Å²) < 4.78 is 5.69. The Bertz CT molecular complexity index is 651. The van der Waals surface area contributed by atoms with Gasteiger partial charge in [-0.2, -0.15) is 0 Å². The Hall–Kier alpha value is -1.92. The van der Waals surface area contributed by atoms with Crippen molar-refractivity contribution in [3.05, 3.63) is 35.4 Å². The molecule has 2 aliphatic rings. The second-order valence-corrected chi connectivity index (χ2v) is 7.92. The van der Waals surface area contributed by atoms with Crippen molar-refractivity contribution >= 4 is 11.8 Å². The van der Waals surface area contributed by atoms with E-state index < -0.39 is 0 Å². The highest BCUT2D eigenvalue weighted by Gasteiger charge is 2.31. The Labute approximate surface area is 161 Å². The minimum atomic E-state index is 0.0318. The highest BCUT2D eigenvalue weighted by molar-refractivity contribution is 5.94. The number of nitrogens with two attached hydrogens (primary N) is 1. The molecule has 0 radical (unpaired) electrons. The molecule has 1 saturated carbocycles. The lowest BCUT2D eigenvalue weighted by Gasteiger charge is -2.35. The lowest BCUT2D eigenvalue weighted by Crippen LogP contribution is -2.48. The number of ether oxygens (including phenoxy) is 1. The van der Waals surface area contributed by atoms with Gasteiger partial charge in [-0.25, -0.2) is 0 Å². The highest BCUT2D eigenvalue weighted by Crippen LogP contribution is 2.31. The van der Waals surface area contributed by atoms with E-state index in [0.717, 1.165) is 24.8 Å². The number of nitrogens with one attached hydrogen (secondary N) is 1. The Balaban J connectivity index is 1.54. The van der Waals surface area contributed by atoms with Crippen molar-refractivity contribution in [2.45, 2.75) is 51.9 Å². The van der Waals surface area contributed by atoms with Crippen LogP contribution in [-0.2, 0) is 16.1 Å². The first-order chi connectivity index (χ1) is 13.0. The fraction of sp³-hybridized carbons (Fsp3) is 0.619. The predicted octanol–water partition coefficient (Wildman–Crippen LogP) is 1.93. The van der Waals surface area contributed by atoms with Gasteiger partial charge in [-0.3, -0.25) is 9.59 Å². The van der Waals surface area contributed by atoms with Crippen LogP contribution < -0.4 is 11.1 Å². The molecule has 2 amide bonds. The molecular formula is C21H31N3O3. The van der Waals surface area contributed by atoms with Gasteiger partial charge in [0.1, 0.15) is 0 Å². The molecule has 148 valence electrons. The van der Waals surface area contributed by atoms with Gasteiger partial charge >= 0.3 is 0 Å². The molecule has 0 bridgehead atoms. The van der Waals surface area contributed by atoms with E-state index in [4.69, 9.17) is 10.5 Å². The molecule has 1 saturated heterocycles. The SMILES string of the molecule is CC1CN(C(=O)c2ccc(CNC(=O)[C@@H]3CCC[C@@H]3CN)cc2)CC(C)O1. The van der Waals surface area contributed by atoms with Crippen molar-refractivity contribution in [3.8, 4) is 0 Å². The quantitative estimate of drug-likeness (QED) is 0.826. The molecule has 2 unspecified atom stereocenters. The number of amides is 2. The zero-order chi connectivity index (χ0) is 19.4. The van der Waals surface area contributed by atoms with Crippen LogP contribution in [-0.4, -0.2) is 48.6 Å². The number of benzene rings is 1. The molecule has 2 fully saturated rings. The maximum absolute atomic E-state index is 12.7. The van der Waals surface area contributed by atoms with E-state index in [1.54, 1.807) is 0 Å². The van der Waals surface area contributed by atoms with Crippen molar-refractivity contribution < 1.29 is 14.3 Å². The van der Waals surface area contributed by atoms with Gasteiger partial charge in [0, 0.05) is 31.1 Å². The van der Waals surface area contributed by atoms with E-state index in [0.29, 0.717) is 37.7 Å². The van der Waals surface area contributed by atoms with Crippen molar-refractivity contribution in [2.24, 2.45) is 17.6 Å². The van der Waals surface area contributed by atoms with Crippen LogP contribution >= 0.6 is 0 Å². The molecule has 6 nitrogen and oxygen atoms in total. The van der Waals surface area contributed by atoms with Crippen LogP contribution in [0.15, 0.2) is 24.3 Å². The second-order valence-electron chi connectivity index (χ2n) is 7.92. The molecule has 1 aromatic carbocycles. The van der Waals surface area contributed by atoms with E-state index in [1.165, 1.54) is 0 Å². The average Bonchev–Trinajstić information content (AvgIpc) is 3.14. The van der Waals surface area contributed by atoms with Crippen molar-refractivity contribution in [3.63, 3.8) is 0 Å². The predicted molar refractivity (Wildman–Crippen MR) is 104 cm³/mol. The molecule has 4 atom stereocenters. The molecule has 1 aliphatic carbocycles. The van der Waals surface area contributed by atoms with Crippen LogP contribution in [0.5, 0.6) is 0 Å². The van der Waals surface area contributed by atoms with Crippen LogP contribution in [0.3, 0.4) is 0 Å². The lowest BCUT2D eigenvalue weighted by molar-refractivity contribution is -0.126. The minimum Gasteiger partial charge on any atom is -0.372 e. The number of carbonyl (C=O) groups is 2. The zero-order valence-corrected chi connectivity index (χ0v) is 16.3. The number of rotatable bonds is 5. The van der Waals surface area contributed by atoms with Gasteiger partial charge in [-0.15, -0.1) is 0 Å². The van der Waals surface area contributed by atoms with Crippen LogP contribution in [0, 0.1) is 11.8 Å². The second kappa shape index (κ2) is 8.85. The normalized spacial score (nSPS) is 28.2. The molecule has 1 heterocycles. The zero-order valence-electron chi connectivity index (χ0n) is 16.3. The third-order valence-corrected chi connectivity index (χ3v) is 5.67. The molecule has 3 rings (SSSR count). The van der Waals surface area contributed by atoms with Gasteiger partial charge in [0.15, 0.2) is 0 Å². The fourth-order valence-corrected chi connectivity index (χ4v) is 4.28. The number of morpholine rings is 1. The molecule has 1 aromatic rings. The first-order valence-electron chi connectivity index (χ1n) is 9.99. The van der Waals surface area contributed by atoms with Crippen LogP contribution in [0.4, 0.5) is 0 Å². The van der Waals surface area contributed by atoms with E-state index in [1.807, 2.05) is 43.0 Å².